The second-order valence-corrected chi connectivity index (χ2v) is 5.79. The van der Waals surface area contributed by atoms with Crippen LogP contribution in [0.3, 0.4) is 0 Å². The molecule has 0 radical (unpaired) electrons. The Balaban J connectivity index is 1.73. The van der Waals surface area contributed by atoms with Crippen molar-refractivity contribution in [3.63, 3.8) is 0 Å². The van der Waals surface area contributed by atoms with Crippen molar-refractivity contribution in [2.24, 2.45) is 0 Å². The first-order valence-corrected chi connectivity index (χ1v) is 7.17. The van der Waals surface area contributed by atoms with Crippen molar-refractivity contribution < 1.29 is 0 Å². The van der Waals surface area contributed by atoms with Gasteiger partial charge in [-0.15, -0.1) is 0 Å². The van der Waals surface area contributed by atoms with Gasteiger partial charge >= 0.3 is 0 Å². The normalized spacial score (nSPS) is 14.8. The Labute approximate surface area is 116 Å². The third kappa shape index (κ3) is 2.49. The first-order chi connectivity index (χ1) is 8.74. The van der Waals surface area contributed by atoms with Crippen LogP contribution in [0, 0.1) is 0 Å². The number of halogens is 1. The summed E-state index contributed by atoms with van der Waals surface area (Å²) in [5, 5.41) is 1.77. The first-order valence-electron chi connectivity index (χ1n) is 6.02. The van der Waals surface area contributed by atoms with Crippen molar-refractivity contribution in [1.82, 2.24) is 9.36 Å². The van der Waals surface area contributed by atoms with E-state index < -0.39 is 0 Å². The lowest BCUT2D eigenvalue weighted by Gasteiger charge is -2.15. The quantitative estimate of drug-likeness (QED) is 0.854. The SMILES string of the molecule is CN(Cc1ccccc1Cl)c1nc(C2CC2)ns1. The molecule has 1 aromatic heterocycles. The van der Waals surface area contributed by atoms with E-state index in [-0.39, 0.29) is 0 Å². The minimum atomic E-state index is 0.615. The lowest BCUT2D eigenvalue weighted by atomic mass is 10.2. The molecule has 18 heavy (non-hydrogen) atoms. The Morgan fingerprint density at radius 2 is 2.17 bits per heavy atom. The molecule has 0 bridgehead atoms. The van der Waals surface area contributed by atoms with Crippen molar-refractivity contribution in [3.8, 4) is 0 Å². The van der Waals surface area contributed by atoms with Crippen molar-refractivity contribution in [2.75, 3.05) is 11.9 Å². The zero-order valence-corrected chi connectivity index (χ0v) is 11.7. The highest BCUT2D eigenvalue weighted by atomic mass is 35.5. The molecule has 2 aromatic rings. The summed E-state index contributed by atoms with van der Waals surface area (Å²) in [7, 11) is 2.03. The average molecular weight is 280 g/mol. The molecule has 1 aliphatic carbocycles. The molecule has 0 aliphatic heterocycles. The van der Waals surface area contributed by atoms with Crippen LogP contribution < -0.4 is 4.90 Å². The summed E-state index contributed by atoms with van der Waals surface area (Å²) in [6, 6.07) is 7.91. The monoisotopic (exact) mass is 279 g/mol. The summed E-state index contributed by atoms with van der Waals surface area (Å²) in [6.45, 7) is 0.763. The van der Waals surface area contributed by atoms with Crippen LogP contribution in [0.25, 0.3) is 0 Å². The van der Waals surface area contributed by atoms with E-state index in [1.165, 1.54) is 24.4 Å². The van der Waals surface area contributed by atoms with Crippen molar-refractivity contribution in [1.29, 1.82) is 0 Å². The van der Waals surface area contributed by atoms with Gasteiger partial charge in [0.2, 0.25) is 5.13 Å². The largest absolute Gasteiger partial charge is 0.346 e. The van der Waals surface area contributed by atoms with Crippen molar-refractivity contribution in [2.45, 2.75) is 25.3 Å². The van der Waals surface area contributed by atoms with Gasteiger partial charge in [-0.3, -0.25) is 0 Å². The Bertz CT molecular complexity index is 551. The van der Waals surface area contributed by atoms with Crippen LogP contribution in [0.15, 0.2) is 24.3 Å². The van der Waals surface area contributed by atoms with Crippen LogP contribution in [0.4, 0.5) is 5.13 Å². The predicted molar refractivity (Wildman–Crippen MR) is 75.4 cm³/mol. The van der Waals surface area contributed by atoms with E-state index in [1.807, 2.05) is 31.3 Å². The molecule has 1 saturated carbocycles. The highest BCUT2D eigenvalue weighted by molar-refractivity contribution is 7.09. The molecule has 94 valence electrons. The van der Waals surface area contributed by atoms with E-state index in [9.17, 15) is 0 Å². The molecule has 1 fully saturated rings. The van der Waals surface area contributed by atoms with Gasteiger partial charge in [0.25, 0.3) is 0 Å². The Morgan fingerprint density at radius 1 is 1.39 bits per heavy atom. The fourth-order valence-corrected chi connectivity index (χ4v) is 2.74. The van der Waals surface area contributed by atoms with Gasteiger partial charge in [0, 0.05) is 36.1 Å². The fraction of sp³-hybridized carbons (Fsp3) is 0.385. The van der Waals surface area contributed by atoms with Crippen LogP contribution in [0.1, 0.15) is 30.1 Å². The molecule has 0 atom stereocenters. The maximum atomic E-state index is 6.16. The van der Waals surface area contributed by atoms with Gasteiger partial charge in [-0.05, 0) is 24.5 Å². The van der Waals surface area contributed by atoms with Crippen LogP contribution in [-0.4, -0.2) is 16.4 Å². The minimum absolute atomic E-state index is 0.615. The van der Waals surface area contributed by atoms with Gasteiger partial charge < -0.3 is 4.90 Å². The van der Waals surface area contributed by atoms with E-state index in [0.29, 0.717) is 5.92 Å². The van der Waals surface area contributed by atoms with Gasteiger partial charge in [0.15, 0.2) is 0 Å². The molecule has 0 unspecified atom stereocenters. The highest BCUT2D eigenvalue weighted by Crippen LogP contribution is 2.39. The molecule has 1 heterocycles. The summed E-state index contributed by atoms with van der Waals surface area (Å²) in [5.74, 6) is 1.63. The van der Waals surface area contributed by atoms with E-state index in [0.717, 1.165) is 28.1 Å². The molecule has 3 nitrogen and oxygen atoms in total. The number of benzene rings is 1. The highest BCUT2D eigenvalue weighted by Gasteiger charge is 2.28. The maximum Gasteiger partial charge on any atom is 0.205 e. The standard InChI is InChI=1S/C13H14ClN3S/c1-17(8-10-4-2-3-5-11(10)14)13-15-12(16-18-13)9-6-7-9/h2-5,9H,6-8H2,1H3. The topological polar surface area (TPSA) is 29.0 Å². The van der Waals surface area contributed by atoms with Gasteiger partial charge in [0.05, 0.1) is 0 Å². The second-order valence-electron chi connectivity index (χ2n) is 4.66. The van der Waals surface area contributed by atoms with Crippen molar-refractivity contribution in [3.05, 3.63) is 40.7 Å². The third-order valence-electron chi connectivity index (χ3n) is 3.07. The summed E-state index contributed by atoms with van der Waals surface area (Å²) >= 11 is 7.63. The molecular formula is C13H14ClN3S. The predicted octanol–water partition coefficient (Wildman–Crippen LogP) is 3.71. The Kier molecular flexibility index (Phi) is 3.22. The number of nitrogens with zero attached hydrogens (tertiary/aromatic N) is 3. The summed E-state index contributed by atoms with van der Waals surface area (Å²) in [5.41, 5.74) is 1.12. The molecule has 0 saturated heterocycles. The third-order valence-corrected chi connectivity index (χ3v) is 4.28. The number of hydrogen-bond donors (Lipinski definition) is 0. The van der Waals surface area contributed by atoms with Gasteiger partial charge in [0.1, 0.15) is 5.82 Å². The first kappa shape index (κ1) is 11.9. The molecule has 5 heteroatoms. The summed E-state index contributed by atoms with van der Waals surface area (Å²) in [6.07, 6.45) is 2.48. The molecular weight excluding hydrogens is 266 g/mol. The summed E-state index contributed by atoms with van der Waals surface area (Å²) in [4.78, 5) is 6.69. The Hall–Kier alpha value is -1.13. The lowest BCUT2D eigenvalue weighted by molar-refractivity contribution is 0.895. The summed E-state index contributed by atoms with van der Waals surface area (Å²) < 4.78 is 4.42. The Morgan fingerprint density at radius 3 is 2.89 bits per heavy atom. The molecule has 0 amide bonds. The second kappa shape index (κ2) is 4.86. The zero-order chi connectivity index (χ0) is 12.5. The minimum Gasteiger partial charge on any atom is -0.346 e. The zero-order valence-electron chi connectivity index (χ0n) is 10.1. The van der Waals surface area contributed by atoms with Crippen LogP contribution in [0.5, 0.6) is 0 Å². The van der Waals surface area contributed by atoms with Crippen LogP contribution in [0.2, 0.25) is 5.02 Å². The van der Waals surface area contributed by atoms with Crippen molar-refractivity contribution >= 4 is 28.3 Å². The van der Waals surface area contributed by atoms with E-state index in [1.54, 1.807) is 0 Å². The van der Waals surface area contributed by atoms with Gasteiger partial charge in [-0.2, -0.15) is 4.37 Å². The molecule has 0 N–H and O–H groups in total. The maximum absolute atomic E-state index is 6.16. The molecule has 0 spiro atoms. The van der Waals surface area contributed by atoms with E-state index in [2.05, 4.69) is 14.3 Å². The number of aromatic nitrogens is 2. The smallest absolute Gasteiger partial charge is 0.205 e. The number of anilines is 1. The van der Waals surface area contributed by atoms with Crippen LogP contribution in [-0.2, 0) is 6.54 Å². The van der Waals surface area contributed by atoms with E-state index in [4.69, 9.17) is 11.6 Å². The molecule has 3 rings (SSSR count). The number of hydrogen-bond acceptors (Lipinski definition) is 4. The van der Waals surface area contributed by atoms with E-state index >= 15 is 0 Å². The molecule has 1 aliphatic rings. The van der Waals surface area contributed by atoms with Crippen LogP contribution >= 0.6 is 23.1 Å². The lowest BCUT2D eigenvalue weighted by Crippen LogP contribution is -2.16. The average Bonchev–Trinajstić information content (AvgIpc) is 3.10. The number of rotatable bonds is 4. The van der Waals surface area contributed by atoms with Gasteiger partial charge in [-0.1, -0.05) is 29.8 Å². The fourth-order valence-electron chi connectivity index (χ4n) is 1.84. The molecule has 1 aromatic carbocycles. The van der Waals surface area contributed by atoms with Gasteiger partial charge in [-0.25, -0.2) is 4.98 Å².